The molecule has 0 aliphatic heterocycles. The number of aryl methyl sites for hydroxylation is 1. The molecule has 20 heavy (non-hydrogen) atoms. The van der Waals surface area contributed by atoms with Crippen LogP contribution >= 0.6 is 0 Å². The molecule has 1 aliphatic carbocycles. The molecule has 1 heterocycles. The molecule has 0 saturated carbocycles. The Bertz CT molecular complexity index is 583. The highest BCUT2D eigenvalue weighted by Crippen LogP contribution is 2.29. The second kappa shape index (κ2) is 6.06. The molecule has 104 valence electrons. The van der Waals surface area contributed by atoms with E-state index in [9.17, 15) is 0 Å². The zero-order chi connectivity index (χ0) is 13.8. The Hall–Kier alpha value is -1.87. The van der Waals surface area contributed by atoms with Gasteiger partial charge >= 0.3 is 0 Å². The summed E-state index contributed by atoms with van der Waals surface area (Å²) in [5.74, 6) is 0.674. The van der Waals surface area contributed by atoms with E-state index in [-0.39, 0.29) is 0 Å². The largest absolute Gasteiger partial charge is 0.481 e. The first-order valence-corrected chi connectivity index (χ1v) is 7.17. The SMILES string of the molecule is COc1cc(CNC2CCCc3ccccc32)ccn1. The fourth-order valence-electron chi connectivity index (χ4n) is 2.88. The van der Waals surface area contributed by atoms with Gasteiger partial charge in [-0.1, -0.05) is 24.3 Å². The van der Waals surface area contributed by atoms with Gasteiger partial charge in [0.15, 0.2) is 0 Å². The van der Waals surface area contributed by atoms with Gasteiger partial charge in [-0.25, -0.2) is 4.98 Å². The minimum atomic E-state index is 0.458. The Kier molecular flexibility index (Phi) is 3.97. The molecule has 3 heteroatoms. The van der Waals surface area contributed by atoms with Gasteiger partial charge in [0.05, 0.1) is 7.11 Å². The Balaban J connectivity index is 1.70. The molecule has 3 rings (SSSR count). The van der Waals surface area contributed by atoms with Gasteiger partial charge in [0.2, 0.25) is 5.88 Å². The van der Waals surface area contributed by atoms with Gasteiger partial charge in [-0.15, -0.1) is 0 Å². The van der Waals surface area contributed by atoms with Crippen LogP contribution in [0.3, 0.4) is 0 Å². The lowest BCUT2D eigenvalue weighted by atomic mass is 9.87. The number of hydrogen-bond donors (Lipinski definition) is 1. The molecule has 1 aliphatic rings. The maximum atomic E-state index is 5.16. The number of methoxy groups -OCH3 is 1. The summed E-state index contributed by atoms with van der Waals surface area (Å²) in [7, 11) is 1.65. The number of rotatable bonds is 4. The summed E-state index contributed by atoms with van der Waals surface area (Å²) in [4.78, 5) is 4.14. The topological polar surface area (TPSA) is 34.1 Å². The van der Waals surface area contributed by atoms with Crippen LogP contribution in [0.15, 0.2) is 42.6 Å². The molecule has 1 aromatic heterocycles. The average molecular weight is 268 g/mol. The molecule has 0 spiro atoms. The molecule has 1 aromatic carbocycles. The Morgan fingerprint density at radius 2 is 2.20 bits per heavy atom. The number of aromatic nitrogens is 1. The summed E-state index contributed by atoms with van der Waals surface area (Å²) in [6.45, 7) is 0.845. The lowest BCUT2D eigenvalue weighted by Crippen LogP contribution is -2.24. The molecule has 3 nitrogen and oxygen atoms in total. The minimum absolute atomic E-state index is 0.458. The van der Waals surface area contributed by atoms with Crippen molar-refractivity contribution in [2.75, 3.05) is 7.11 Å². The highest BCUT2D eigenvalue weighted by atomic mass is 16.5. The number of pyridine rings is 1. The Morgan fingerprint density at radius 3 is 3.10 bits per heavy atom. The number of benzene rings is 1. The normalized spacial score (nSPS) is 17.6. The van der Waals surface area contributed by atoms with Crippen LogP contribution in [-0.2, 0) is 13.0 Å². The fraction of sp³-hybridized carbons (Fsp3) is 0.353. The molecule has 0 saturated heterocycles. The van der Waals surface area contributed by atoms with Crippen molar-refractivity contribution in [3.63, 3.8) is 0 Å². The smallest absolute Gasteiger partial charge is 0.213 e. The van der Waals surface area contributed by atoms with Crippen molar-refractivity contribution in [2.45, 2.75) is 31.8 Å². The Labute approximate surface area is 120 Å². The van der Waals surface area contributed by atoms with Gasteiger partial charge < -0.3 is 10.1 Å². The first-order valence-electron chi connectivity index (χ1n) is 7.17. The van der Waals surface area contributed by atoms with Gasteiger partial charge in [0.25, 0.3) is 0 Å². The van der Waals surface area contributed by atoms with E-state index >= 15 is 0 Å². The Morgan fingerprint density at radius 1 is 1.30 bits per heavy atom. The van der Waals surface area contributed by atoms with Crippen LogP contribution in [0.25, 0.3) is 0 Å². The van der Waals surface area contributed by atoms with Crippen molar-refractivity contribution >= 4 is 0 Å². The van der Waals surface area contributed by atoms with Crippen LogP contribution in [0.5, 0.6) is 5.88 Å². The molecular weight excluding hydrogens is 248 g/mol. The van der Waals surface area contributed by atoms with E-state index in [1.807, 2.05) is 12.1 Å². The summed E-state index contributed by atoms with van der Waals surface area (Å²) in [5, 5.41) is 3.66. The third-order valence-corrected chi connectivity index (χ3v) is 3.93. The number of nitrogens with zero attached hydrogens (tertiary/aromatic N) is 1. The third-order valence-electron chi connectivity index (χ3n) is 3.93. The van der Waals surface area contributed by atoms with Crippen molar-refractivity contribution in [1.29, 1.82) is 0 Å². The number of nitrogens with one attached hydrogen (secondary N) is 1. The molecular formula is C17H20N2O. The van der Waals surface area contributed by atoms with Crippen LogP contribution in [0, 0.1) is 0 Å². The van der Waals surface area contributed by atoms with Crippen LogP contribution in [0.4, 0.5) is 0 Å². The van der Waals surface area contributed by atoms with Crippen molar-refractivity contribution < 1.29 is 4.74 Å². The molecule has 0 bridgehead atoms. The molecule has 0 fully saturated rings. The van der Waals surface area contributed by atoms with Crippen LogP contribution in [0.2, 0.25) is 0 Å². The first-order chi connectivity index (χ1) is 9.86. The van der Waals surface area contributed by atoms with E-state index < -0.39 is 0 Å². The lowest BCUT2D eigenvalue weighted by molar-refractivity contribution is 0.396. The minimum Gasteiger partial charge on any atom is -0.481 e. The van der Waals surface area contributed by atoms with E-state index in [1.54, 1.807) is 13.3 Å². The lowest BCUT2D eigenvalue weighted by Gasteiger charge is -2.26. The summed E-state index contributed by atoms with van der Waals surface area (Å²) in [6, 6.07) is 13.2. The molecule has 0 radical (unpaired) electrons. The van der Waals surface area contributed by atoms with E-state index in [1.165, 1.54) is 36.0 Å². The highest BCUT2D eigenvalue weighted by molar-refractivity contribution is 5.32. The molecule has 2 aromatic rings. The third kappa shape index (κ3) is 2.83. The van der Waals surface area contributed by atoms with E-state index in [0.29, 0.717) is 11.9 Å². The van der Waals surface area contributed by atoms with Crippen LogP contribution < -0.4 is 10.1 Å². The van der Waals surface area contributed by atoms with Crippen LogP contribution in [0.1, 0.15) is 35.6 Å². The van der Waals surface area contributed by atoms with E-state index in [2.05, 4.69) is 34.6 Å². The zero-order valence-electron chi connectivity index (χ0n) is 11.8. The summed E-state index contributed by atoms with van der Waals surface area (Å²) >= 11 is 0. The first kappa shape index (κ1) is 13.1. The fourth-order valence-corrected chi connectivity index (χ4v) is 2.88. The molecule has 1 unspecified atom stereocenters. The summed E-state index contributed by atoms with van der Waals surface area (Å²) in [6.07, 6.45) is 5.47. The van der Waals surface area contributed by atoms with Crippen molar-refractivity contribution in [3.8, 4) is 5.88 Å². The highest BCUT2D eigenvalue weighted by Gasteiger charge is 2.18. The summed E-state index contributed by atoms with van der Waals surface area (Å²) < 4.78 is 5.16. The van der Waals surface area contributed by atoms with E-state index in [0.717, 1.165) is 6.54 Å². The van der Waals surface area contributed by atoms with Gasteiger partial charge in [-0.05, 0) is 42.0 Å². The maximum absolute atomic E-state index is 5.16. The quantitative estimate of drug-likeness (QED) is 0.924. The second-order valence-corrected chi connectivity index (χ2v) is 5.23. The van der Waals surface area contributed by atoms with Gasteiger partial charge in [0, 0.05) is 24.8 Å². The predicted molar refractivity (Wildman–Crippen MR) is 79.7 cm³/mol. The van der Waals surface area contributed by atoms with Gasteiger partial charge in [-0.3, -0.25) is 0 Å². The molecule has 1 atom stereocenters. The number of fused-ring (bicyclic) bond motifs is 1. The summed E-state index contributed by atoms with van der Waals surface area (Å²) in [5.41, 5.74) is 4.16. The second-order valence-electron chi connectivity index (χ2n) is 5.23. The maximum Gasteiger partial charge on any atom is 0.213 e. The monoisotopic (exact) mass is 268 g/mol. The van der Waals surface area contributed by atoms with E-state index in [4.69, 9.17) is 4.74 Å². The van der Waals surface area contributed by atoms with Gasteiger partial charge in [-0.2, -0.15) is 0 Å². The predicted octanol–water partition coefficient (Wildman–Crippen LogP) is 3.26. The number of hydrogen-bond acceptors (Lipinski definition) is 3. The average Bonchev–Trinajstić information content (AvgIpc) is 2.53. The van der Waals surface area contributed by atoms with Gasteiger partial charge in [0.1, 0.15) is 0 Å². The van der Waals surface area contributed by atoms with Crippen molar-refractivity contribution in [2.24, 2.45) is 0 Å². The van der Waals surface area contributed by atoms with Crippen molar-refractivity contribution in [1.82, 2.24) is 10.3 Å². The number of ether oxygens (including phenoxy) is 1. The zero-order valence-corrected chi connectivity index (χ0v) is 11.8. The molecule has 0 amide bonds. The molecule has 1 N–H and O–H groups in total. The van der Waals surface area contributed by atoms with Crippen LogP contribution in [-0.4, -0.2) is 12.1 Å². The van der Waals surface area contributed by atoms with Crippen molar-refractivity contribution in [3.05, 3.63) is 59.3 Å². The standard InChI is InChI=1S/C17H20N2O/c1-20-17-11-13(9-10-18-17)12-19-16-8-4-6-14-5-2-3-7-15(14)16/h2-3,5,7,9-11,16,19H,4,6,8,12H2,1H3.